The van der Waals surface area contributed by atoms with E-state index in [1.54, 1.807) is 9.80 Å². The van der Waals surface area contributed by atoms with E-state index in [1.807, 2.05) is 13.8 Å². The van der Waals surface area contributed by atoms with Crippen LogP contribution in [0, 0.1) is 0 Å². The largest absolute Gasteiger partial charge is 0.341 e. The fourth-order valence-corrected chi connectivity index (χ4v) is 5.59. The number of carbonyl (C=O) groups is 4. The Morgan fingerprint density at radius 1 is 0.781 bits per heavy atom. The van der Waals surface area contributed by atoms with Crippen LogP contribution in [0.3, 0.4) is 0 Å². The minimum absolute atomic E-state index is 0.0520. The third-order valence-electron chi connectivity index (χ3n) is 6.64. The van der Waals surface area contributed by atoms with E-state index in [1.165, 1.54) is 0 Å². The van der Waals surface area contributed by atoms with Crippen molar-refractivity contribution in [3.8, 4) is 0 Å². The normalized spacial score (nSPS) is 33.5. The van der Waals surface area contributed by atoms with Crippen LogP contribution in [0.25, 0.3) is 0 Å². The number of carbonyl (C=O) groups excluding carboxylic acids is 4. The van der Waals surface area contributed by atoms with Gasteiger partial charge in [-0.25, -0.2) is 0 Å². The summed E-state index contributed by atoms with van der Waals surface area (Å²) in [6.45, 7) is 4.59. The summed E-state index contributed by atoms with van der Waals surface area (Å²) >= 11 is 12.6. The molecule has 3 heterocycles. The van der Waals surface area contributed by atoms with E-state index in [-0.39, 0.29) is 34.4 Å². The number of likely N-dealkylation sites (tertiary alicyclic amines) is 2. The van der Waals surface area contributed by atoms with Crippen LogP contribution in [0.2, 0.25) is 0 Å². The van der Waals surface area contributed by atoms with Crippen LogP contribution in [-0.4, -0.2) is 81.4 Å². The molecule has 3 aliphatic heterocycles. The lowest BCUT2D eigenvalue weighted by Crippen LogP contribution is -2.73. The Hall–Kier alpha value is -1.54. The number of nitrogens with one attached hydrogen (secondary N) is 2. The highest BCUT2D eigenvalue weighted by Gasteiger charge is 2.47. The number of hydrogen-bond acceptors (Lipinski definition) is 4. The first-order valence-electron chi connectivity index (χ1n) is 11.7. The predicted molar refractivity (Wildman–Crippen MR) is 122 cm³/mol. The minimum Gasteiger partial charge on any atom is -0.341 e. The Kier molecular flexibility index (Phi) is 8.67. The van der Waals surface area contributed by atoms with E-state index in [0.29, 0.717) is 64.5 Å². The van der Waals surface area contributed by atoms with Gasteiger partial charge in [0.05, 0.1) is 22.8 Å². The molecule has 0 bridgehead atoms. The van der Waals surface area contributed by atoms with E-state index in [2.05, 4.69) is 10.6 Å². The zero-order valence-corrected chi connectivity index (χ0v) is 20.3. The number of hydrogen-bond donors (Lipinski definition) is 2. The molecule has 3 aliphatic rings. The summed E-state index contributed by atoms with van der Waals surface area (Å²) in [6.07, 6.45) is 4.59. The molecule has 2 N–H and O–H groups in total. The first kappa shape index (κ1) is 25.1. The van der Waals surface area contributed by atoms with Crippen molar-refractivity contribution >= 4 is 46.8 Å². The maximum Gasteiger partial charge on any atom is 0.245 e. The molecular formula is C22H34Cl2N4O4. The summed E-state index contributed by atoms with van der Waals surface area (Å²) in [5, 5.41) is 5.42. The molecule has 0 aliphatic carbocycles. The Labute approximate surface area is 199 Å². The smallest absolute Gasteiger partial charge is 0.245 e. The monoisotopic (exact) mass is 488 g/mol. The van der Waals surface area contributed by atoms with Gasteiger partial charge in [-0.2, -0.15) is 0 Å². The van der Waals surface area contributed by atoms with Crippen molar-refractivity contribution in [2.45, 2.75) is 100 Å². The lowest BCUT2D eigenvalue weighted by atomic mass is 9.89. The van der Waals surface area contributed by atoms with Gasteiger partial charge in [0.25, 0.3) is 0 Å². The number of rotatable bonds is 6. The lowest BCUT2D eigenvalue weighted by Gasteiger charge is -2.46. The maximum atomic E-state index is 13.1. The number of nitrogens with zero attached hydrogens (tertiary/aromatic N) is 2. The Morgan fingerprint density at radius 2 is 1.16 bits per heavy atom. The zero-order valence-electron chi connectivity index (χ0n) is 18.8. The summed E-state index contributed by atoms with van der Waals surface area (Å²) in [7, 11) is 0. The first-order valence-corrected chi connectivity index (χ1v) is 12.6. The number of halogens is 2. The van der Waals surface area contributed by atoms with Crippen LogP contribution in [0.4, 0.5) is 0 Å². The quantitative estimate of drug-likeness (QED) is 0.556. The van der Waals surface area contributed by atoms with Crippen LogP contribution in [0.1, 0.15) is 65.2 Å². The van der Waals surface area contributed by atoms with E-state index < -0.39 is 24.2 Å². The van der Waals surface area contributed by atoms with Crippen molar-refractivity contribution < 1.29 is 19.2 Å². The van der Waals surface area contributed by atoms with Gasteiger partial charge in [-0.1, -0.05) is 13.8 Å². The molecule has 180 valence electrons. The first-order chi connectivity index (χ1) is 15.3. The number of alkyl halides is 2. The highest BCUT2D eigenvalue weighted by molar-refractivity contribution is 6.21. The second-order valence-electron chi connectivity index (χ2n) is 9.05. The summed E-state index contributed by atoms with van der Waals surface area (Å²) in [5.41, 5.74) is 0. The molecule has 0 spiro atoms. The van der Waals surface area contributed by atoms with Gasteiger partial charge in [-0.05, 0) is 38.5 Å². The van der Waals surface area contributed by atoms with Gasteiger partial charge in [0, 0.05) is 25.9 Å². The molecule has 32 heavy (non-hydrogen) atoms. The summed E-state index contributed by atoms with van der Waals surface area (Å²) in [4.78, 5) is 54.9. The van der Waals surface area contributed by atoms with E-state index >= 15 is 0 Å². The van der Waals surface area contributed by atoms with Gasteiger partial charge < -0.3 is 20.4 Å². The number of amides is 4. The van der Waals surface area contributed by atoms with Crippen molar-refractivity contribution in [3.63, 3.8) is 0 Å². The average molecular weight is 489 g/mol. The van der Waals surface area contributed by atoms with Gasteiger partial charge in [0.2, 0.25) is 23.6 Å². The van der Waals surface area contributed by atoms with Crippen LogP contribution < -0.4 is 10.6 Å². The standard InChI is InChI=1S/C22H34Cl2N4O4/c1-3-5-17(29)27-11-13(23)7-9-15(27)19-21(31)26-20(22(32)25-19)16-10-8-14(24)12-28(16)18(30)6-4-2/h13-16,19-20H,3-12H2,1-2H3,(H,25,32)(H,26,31). The van der Waals surface area contributed by atoms with Crippen molar-refractivity contribution in [2.75, 3.05) is 13.1 Å². The summed E-state index contributed by atoms with van der Waals surface area (Å²) < 4.78 is 0. The SMILES string of the molecule is CCCC(=O)N1CC(Cl)CCC1C1NC(=O)C(C2CCC(Cl)CN2C(=O)CCC)NC1=O. The summed E-state index contributed by atoms with van der Waals surface area (Å²) in [6, 6.07) is -2.50. The molecule has 0 aromatic heterocycles. The molecule has 0 radical (unpaired) electrons. The van der Waals surface area contributed by atoms with Crippen molar-refractivity contribution in [2.24, 2.45) is 0 Å². The summed E-state index contributed by atoms with van der Waals surface area (Å²) in [5.74, 6) is -0.747. The molecule has 8 nitrogen and oxygen atoms in total. The molecule has 0 aromatic rings. The second kappa shape index (κ2) is 11.1. The minimum atomic E-state index is -0.826. The highest BCUT2D eigenvalue weighted by Crippen LogP contribution is 2.28. The highest BCUT2D eigenvalue weighted by atomic mass is 35.5. The topological polar surface area (TPSA) is 98.8 Å². The van der Waals surface area contributed by atoms with Crippen LogP contribution in [0.15, 0.2) is 0 Å². The van der Waals surface area contributed by atoms with Gasteiger partial charge in [-0.15, -0.1) is 23.2 Å². The van der Waals surface area contributed by atoms with E-state index in [4.69, 9.17) is 23.2 Å². The number of piperazine rings is 1. The van der Waals surface area contributed by atoms with Crippen molar-refractivity contribution in [1.82, 2.24) is 20.4 Å². The average Bonchev–Trinajstić information content (AvgIpc) is 2.75. The van der Waals surface area contributed by atoms with Crippen LogP contribution >= 0.6 is 23.2 Å². The fourth-order valence-electron chi connectivity index (χ4n) is 5.04. The molecule has 3 rings (SSSR count). The molecule has 0 aromatic carbocycles. The van der Waals surface area contributed by atoms with E-state index in [9.17, 15) is 19.2 Å². The van der Waals surface area contributed by atoms with Crippen molar-refractivity contribution in [1.29, 1.82) is 0 Å². The molecule has 6 unspecified atom stereocenters. The molecule has 3 saturated heterocycles. The van der Waals surface area contributed by atoms with Gasteiger partial charge in [0.15, 0.2) is 0 Å². The fraction of sp³-hybridized carbons (Fsp3) is 0.818. The molecule has 6 atom stereocenters. The maximum absolute atomic E-state index is 13.1. The molecular weight excluding hydrogens is 455 g/mol. The van der Waals surface area contributed by atoms with E-state index in [0.717, 1.165) is 0 Å². The van der Waals surface area contributed by atoms with Gasteiger partial charge in [-0.3, -0.25) is 19.2 Å². The Balaban J connectivity index is 1.75. The third-order valence-corrected chi connectivity index (χ3v) is 7.35. The van der Waals surface area contributed by atoms with Crippen LogP contribution in [0.5, 0.6) is 0 Å². The van der Waals surface area contributed by atoms with Crippen molar-refractivity contribution in [3.05, 3.63) is 0 Å². The van der Waals surface area contributed by atoms with Gasteiger partial charge >= 0.3 is 0 Å². The van der Waals surface area contributed by atoms with Crippen LogP contribution in [-0.2, 0) is 19.2 Å². The molecule has 10 heteroatoms. The second-order valence-corrected chi connectivity index (χ2v) is 10.3. The Morgan fingerprint density at radius 3 is 1.50 bits per heavy atom. The van der Waals surface area contributed by atoms with Gasteiger partial charge in [0.1, 0.15) is 12.1 Å². The zero-order chi connectivity index (χ0) is 23.4. The molecule has 3 fully saturated rings. The Bertz CT molecular complexity index is 677. The predicted octanol–water partition coefficient (Wildman–Crippen LogP) is 1.77. The molecule has 0 saturated carbocycles. The number of piperidine rings is 2. The molecule has 4 amide bonds. The lowest BCUT2D eigenvalue weighted by molar-refractivity contribution is -0.147. The third kappa shape index (κ3) is 5.50.